The summed E-state index contributed by atoms with van der Waals surface area (Å²) in [6.07, 6.45) is 0. The van der Waals surface area contributed by atoms with E-state index in [0.29, 0.717) is 12.4 Å². The van der Waals surface area contributed by atoms with Gasteiger partial charge < -0.3 is 14.6 Å². The van der Waals surface area contributed by atoms with Gasteiger partial charge in [0.1, 0.15) is 18.1 Å². The van der Waals surface area contributed by atoms with E-state index in [1.807, 2.05) is 24.3 Å². The van der Waals surface area contributed by atoms with Gasteiger partial charge in [-0.2, -0.15) is 0 Å². The van der Waals surface area contributed by atoms with Crippen LogP contribution in [0.15, 0.2) is 36.4 Å². The smallest absolute Gasteiger partial charge is 0.157 e. The molecule has 0 fully saturated rings. The molecule has 0 unspecified atom stereocenters. The lowest BCUT2D eigenvalue weighted by Gasteiger charge is -2.10. The van der Waals surface area contributed by atoms with Crippen molar-refractivity contribution < 1.29 is 14.6 Å². The molecule has 0 spiro atoms. The van der Waals surface area contributed by atoms with Crippen LogP contribution in [0.4, 0.5) is 0 Å². The molecule has 0 aromatic heterocycles. The topological polar surface area (TPSA) is 38.7 Å². The molecule has 0 radical (unpaired) electrons. The first-order valence-corrected chi connectivity index (χ1v) is 6.29. The number of phenolic OH excluding ortho intramolecular Hbond substituents is 1. The molecule has 3 nitrogen and oxygen atoms in total. The molecule has 0 heterocycles. The molecule has 0 aliphatic rings. The van der Waals surface area contributed by atoms with Crippen molar-refractivity contribution in [2.75, 3.05) is 7.11 Å². The maximum Gasteiger partial charge on any atom is 0.157 e. The highest BCUT2D eigenvalue weighted by molar-refractivity contribution is 6.37. The summed E-state index contributed by atoms with van der Waals surface area (Å²) in [5, 5.41) is 9.88. The van der Waals surface area contributed by atoms with Crippen LogP contribution in [0.3, 0.4) is 0 Å². The molecule has 0 saturated heterocycles. The lowest BCUT2D eigenvalue weighted by molar-refractivity contribution is 0.306. The minimum Gasteiger partial charge on any atom is -0.508 e. The van der Waals surface area contributed by atoms with E-state index in [1.54, 1.807) is 7.11 Å². The Morgan fingerprint density at radius 1 is 1.05 bits per heavy atom. The van der Waals surface area contributed by atoms with E-state index in [0.717, 1.165) is 11.3 Å². The average Bonchev–Trinajstić information content (AvgIpc) is 2.38. The number of ether oxygens (including phenoxy) is 2. The van der Waals surface area contributed by atoms with Crippen molar-refractivity contribution in [3.63, 3.8) is 0 Å². The zero-order valence-corrected chi connectivity index (χ0v) is 11.7. The second-order valence-corrected chi connectivity index (χ2v) is 4.69. The molecule has 0 atom stereocenters. The first-order valence-electron chi connectivity index (χ1n) is 5.54. The Labute approximate surface area is 121 Å². The number of hydrogen-bond acceptors (Lipinski definition) is 3. The lowest BCUT2D eigenvalue weighted by atomic mass is 10.2. The van der Waals surface area contributed by atoms with Crippen molar-refractivity contribution in [2.45, 2.75) is 6.61 Å². The fourth-order valence-electron chi connectivity index (χ4n) is 1.56. The highest BCUT2D eigenvalue weighted by atomic mass is 35.5. The molecule has 19 heavy (non-hydrogen) atoms. The van der Waals surface area contributed by atoms with Crippen molar-refractivity contribution in [2.24, 2.45) is 0 Å². The summed E-state index contributed by atoms with van der Waals surface area (Å²) in [5.74, 6) is 1.15. The highest BCUT2D eigenvalue weighted by Gasteiger charge is 2.09. The molecular weight excluding hydrogens is 287 g/mol. The van der Waals surface area contributed by atoms with Gasteiger partial charge in [0.2, 0.25) is 0 Å². The van der Waals surface area contributed by atoms with Gasteiger partial charge in [0.25, 0.3) is 0 Å². The largest absolute Gasteiger partial charge is 0.508 e. The second kappa shape index (κ2) is 6.04. The predicted molar refractivity (Wildman–Crippen MR) is 75.5 cm³/mol. The summed E-state index contributed by atoms with van der Waals surface area (Å²) in [6.45, 7) is 0.328. The van der Waals surface area contributed by atoms with Crippen molar-refractivity contribution >= 4 is 23.2 Å². The second-order valence-electron chi connectivity index (χ2n) is 3.88. The lowest BCUT2D eigenvalue weighted by Crippen LogP contribution is -1.96. The quantitative estimate of drug-likeness (QED) is 0.915. The third kappa shape index (κ3) is 3.46. The first kappa shape index (κ1) is 13.8. The van der Waals surface area contributed by atoms with Crippen LogP contribution in [0.5, 0.6) is 17.2 Å². The normalized spacial score (nSPS) is 10.3. The van der Waals surface area contributed by atoms with Gasteiger partial charge >= 0.3 is 0 Å². The maximum atomic E-state index is 9.32. The standard InChI is InChI=1S/C14H12Cl2O3/c1-18-11-4-2-9(3-5-11)8-19-14-12(15)6-10(17)7-13(14)16/h2-7,17H,8H2,1H3. The van der Waals surface area contributed by atoms with Gasteiger partial charge in [-0.05, 0) is 17.7 Å². The zero-order chi connectivity index (χ0) is 13.8. The molecule has 5 heteroatoms. The molecule has 1 N–H and O–H groups in total. The van der Waals surface area contributed by atoms with E-state index in [4.69, 9.17) is 32.7 Å². The molecule has 0 aliphatic heterocycles. The van der Waals surface area contributed by atoms with Crippen LogP contribution >= 0.6 is 23.2 Å². The molecular formula is C14H12Cl2O3. The van der Waals surface area contributed by atoms with Gasteiger partial charge in [-0.25, -0.2) is 0 Å². The van der Waals surface area contributed by atoms with Gasteiger partial charge in [0.15, 0.2) is 5.75 Å². The van der Waals surface area contributed by atoms with Gasteiger partial charge in [0.05, 0.1) is 17.2 Å². The number of methoxy groups -OCH3 is 1. The Bertz CT molecular complexity index is 544. The van der Waals surface area contributed by atoms with E-state index >= 15 is 0 Å². The highest BCUT2D eigenvalue weighted by Crippen LogP contribution is 2.36. The summed E-state index contributed by atoms with van der Waals surface area (Å²) in [4.78, 5) is 0. The third-order valence-electron chi connectivity index (χ3n) is 2.53. The molecule has 2 aromatic rings. The monoisotopic (exact) mass is 298 g/mol. The molecule has 100 valence electrons. The van der Waals surface area contributed by atoms with Crippen LogP contribution in [-0.2, 0) is 6.61 Å². The maximum absolute atomic E-state index is 9.32. The van der Waals surface area contributed by atoms with Crippen LogP contribution in [0.2, 0.25) is 10.0 Å². The third-order valence-corrected chi connectivity index (χ3v) is 3.09. The number of benzene rings is 2. The summed E-state index contributed by atoms with van der Waals surface area (Å²) in [6, 6.07) is 10.2. The number of halogens is 2. The molecule has 2 aromatic carbocycles. The van der Waals surface area contributed by atoms with Crippen molar-refractivity contribution in [3.8, 4) is 17.2 Å². The number of rotatable bonds is 4. The molecule has 0 saturated carbocycles. The van der Waals surface area contributed by atoms with Crippen molar-refractivity contribution in [1.29, 1.82) is 0 Å². The predicted octanol–water partition coefficient (Wildman–Crippen LogP) is 4.29. The van der Waals surface area contributed by atoms with Crippen LogP contribution in [0.1, 0.15) is 5.56 Å². The van der Waals surface area contributed by atoms with Gasteiger partial charge in [-0.15, -0.1) is 0 Å². The molecule has 0 amide bonds. The molecule has 2 rings (SSSR count). The van der Waals surface area contributed by atoms with E-state index < -0.39 is 0 Å². The molecule has 0 bridgehead atoms. The average molecular weight is 299 g/mol. The fraction of sp³-hybridized carbons (Fsp3) is 0.143. The van der Waals surface area contributed by atoms with Crippen molar-refractivity contribution in [3.05, 3.63) is 52.0 Å². The van der Waals surface area contributed by atoms with Gasteiger partial charge in [-0.3, -0.25) is 0 Å². The van der Waals surface area contributed by atoms with E-state index in [9.17, 15) is 5.11 Å². The van der Waals surface area contributed by atoms with Crippen LogP contribution in [0, 0.1) is 0 Å². The Hall–Kier alpha value is -1.58. The minimum atomic E-state index is 0.00629. The SMILES string of the molecule is COc1ccc(COc2c(Cl)cc(O)cc2Cl)cc1. The van der Waals surface area contributed by atoms with Gasteiger partial charge in [-0.1, -0.05) is 35.3 Å². The van der Waals surface area contributed by atoms with Crippen molar-refractivity contribution in [1.82, 2.24) is 0 Å². The van der Waals surface area contributed by atoms with E-state index in [-0.39, 0.29) is 15.8 Å². The molecule has 0 aliphatic carbocycles. The van der Waals surface area contributed by atoms with E-state index in [2.05, 4.69) is 0 Å². The Kier molecular flexibility index (Phi) is 4.40. The summed E-state index contributed by atoms with van der Waals surface area (Å²) in [5.41, 5.74) is 0.959. The Balaban J connectivity index is 2.10. The summed E-state index contributed by atoms with van der Waals surface area (Å²) in [7, 11) is 1.61. The fourth-order valence-corrected chi connectivity index (χ4v) is 2.15. The Morgan fingerprint density at radius 2 is 1.63 bits per heavy atom. The number of aromatic hydroxyl groups is 1. The summed E-state index contributed by atoms with van der Waals surface area (Å²) >= 11 is 11.9. The Morgan fingerprint density at radius 3 is 2.16 bits per heavy atom. The number of phenols is 1. The van der Waals surface area contributed by atoms with Crippen LogP contribution in [0.25, 0.3) is 0 Å². The summed E-state index contributed by atoms with van der Waals surface area (Å²) < 4.78 is 10.6. The minimum absolute atomic E-state index is 0.00629. The van der Waals surface area contributed by atoms with Gasteiger partial charge in [0, 0.05) is 12.1 Å². The first-order chi connectivity index (χ1) is 9.10. The zero-order valence-electron chi connectivity index (χ0n) is 10.2. The van der Waals surface area contributed by atoms with Crippen LogP contribution < -0.4 is 9.47 Å². The van der Waals surface area contributed by atoms with E-state index in [1.165, 1.54) is 12.1 Å². The number of hydrogen-bond donors (Lipinski definition) is 1. The van der Waals surface area contributed by atoms with Crippen LogP contribution in [-0.4, -0.2) is 12.2 Å².